The number of aliphatic hydroxyl groups excluding tert-OH is 1. The molecule has 104 valence electrons. The van der Waals surface area contributed by atoms with E-state index in [1.54, 1.807) is 6.20 Å². The van der Waals surface area contributed by atoms with Gasteiger partial charge in [0.2, 0.25) is 0 Å². The number of aliphatic hydroxyl groups is 1. The van der Waals surface area contributed by atoms with Crippen molar-refractivity contribution in [1.82, 2.24) is 15.5 Å². The third-order valence-corrected chi connectivity index (χ3v) is 3.05. The number of H-pyrrole nitrogens is 1. The van der Waals surface area contributed by atoms with E-state index in [-0.39, 0.29) is 12.0 Å². The van der Waals surface area contributed by atoms with Gasteiger partial charge in [-0.05, 0) is 19.1 Å². The average molecular weight is 263 g/mol. The number of furan rings is 1. The van der Waals surface area contributed by atoms with Gasteiger partial charge in [0.25, 0.3) is 0 Å². The number of aromatic nitrogens is 2. The Morgan fingerprint density at radius 1 is 1.42 bits per heavy atom. The zero-order valence-electron chi connectivity index (χ0n) is 11.7. The Balaban J connectivity index is 2.01. The second kappa shape index (κ2) is 5.59. The van der Waals surface area contributed by atoms with E-state index < -0.39 is 0 Å². The molecule has 0 fully saturated rings. The molecule has 0 aliphatic heterocycles. The second-order valence-electron chi connectivity index (χ2n) is 5.61. The number of nitrogens with zero attached hydrogens (tertiary/aromatic N) is 1. The summed E-state index contributed by atoms with van der Waals surface area (Å²) in [4.78, 5) is 0. The van der Waals surface area contributed by atoms with Gasteiger partial charge >= 0.3 is 0 Å². The van der Waals surface area contributed by atoms with Crippen LogP contribution in [0.5, 0.6) is 0 Å². The van der Waals surface area contributed by atoms with Crippen LogP contribution in [0.3, 0.4) is 0 Å². The van der Waals surface area contributed by atoms with Crippen molar-refractivity contribution < 1.29 is 9.52 Å². The minimum Gasteiger partial charge on any atom is -0.460 e. The van der Waals surface area contributed by atoms with Crippen LogP contribution in [-0.2, 0) is 6.54 Å². The zero-order valence-corrected chi connectivity index (χ0v) is 11.7. The molecule has 0 aromatic carbocycles. The summed E-state index contributed by atoms with van der Waals surface area (Å²) in [7, 11) is 0. The van der Waals surface area contributed by atoms with Crippen LogP contribution in [0.1, 0.15) is 25.2 Å². The van der Waals surface area contributed by atoms with E-state index in [0.29, 0.717) is 6.54 Å². The smallest absolute Gasteiger partial charge is 0.152 e. The highest BCUT2D eigenvalue weighted by Gasteiger charge is 2.16. The first-order valence-electron chi connectivity index (χ1n) is 6.42. The van der Waals surface area contributed by atoms with E-state index in [4.69, 9.17) is 4.42 Å². The third kappa shape index (κ3) is 3.45. The molecule has 2 rings (SSSR count). The Kier molecular flexibility index (Phi) is 4.07. The zero-order chi connectivity index (χ0) is 13.9. The molecule has 2 aromatic heterocycles. The van der Waals surface area contributed by atoms with Gasteiger partial charge in [0, 0.05) is 30.7 Å². The summed E-state index contributed by atoms with van der Waals surface area (Å²) in [5.41, 5.74) is 1.84. The van der Waals surface area contributed by atoms with Gasteiger partial charge < -0.3 is 14.8 Å². The Morgan fingerprint density at radius 3 is 2.84 bits per heavy atom. The van der Waals surface area contributed by atoms with Crippen LogP contribution in [0, 0.1) is 12.3 Å². The van der Waals surface area contributed by atoms with Crippen molar-refractivity contribution in [2.24, 2.45) is 5.41 Å². The van der Waals surface area contributed by atoms with Gasteiger partial charge in [-0.3, -0.25) is 5.10 Å². The van der Waals surface area contributed by atoms with Gasteiger partial charge in [-0.15, -0.1) is 0 Å². The highest BCUT2D eigenvalue weighted by Crippen LogP contribution is 2.23. The molecular formula is C14H21N3O2. The van der Waals surface area contributed by atoms with E-state index in [1.807, 2.05) is 32.9 Å². The Bertz CT molecular complexity index is 528. The molecule has 0 aliphatic rings. The van der Waals surface area contributed by atoms with Gasteiger partial charge in [-0.2, -0.15) is 5.10 Å². The van der Waals surface area contributed by atoms with E-state index >= 15 is 0 Å². The normalized spacial score (nSPS) is 12.0. The molecule has 0 bridgehead atoms. The number of nitrogens with one attached hydrogen (secondary N) is 2. The lowest BCUT2D eigenvalue weighted by molar-refractivity contribution is 0.156. The Morgan fingerprint density at radius 2 is 2.21 bits per heavy atom. The molecule has 0 unspecified atom stereocenters. The van der Waals surface area contributed by atoms with Gasteiger partial charge in [0.05, 0.1) is 6.20 Å². The van der Waals surface area contributed by atoms with Crippen molar-refractivity contribution in [3.8, 4) is 11.5 Å². The summed E-state index contributed by atoms with van der Waals surface area (Å²) in [6.45, 7) is 7.55. The lowest BCUT2D eigenvalue weighted by atomic mass is 9.95. The van der Waals surface area contributed by atoms with Crippen molar-refractivity contribution in [3.05, 3.63) is 29.7 Å². The molecule has 0 spiro atoms. The molecule has 0 aliphatic carbocycles. The number of aryl methyl sites for hydroxylation is 1. The molecule has 0 atom stereocenters. The molecule has 0 amide bonds. The van der Waals surface area contributed by atoms with Crippen molar-refractivity contribution >= 4 is 0 Å². The van der Waals surface area contributed by atoms with Gasteiger partial charge in [-0.25, -0.2) is 0 Å². The highest BCUT2D eigenvalue weighted by atomic mass is 16.3. The van der Waals surface area contributed by atoms with E-state index in [1.165, 1.54) is 0 Å². The van der Waals surface area contributed by atoms with E-state index in [9.17, 15) is 5.11 Å². The van der Waals surface area contributed by atoms with E-state index in [2.05, 4.69) is 15.5 Å². The summed E-state index contributed by atoms with van der Waals surface area (Å²) >= 11 is 0. The lowest BCUT2D eigenvalue weighted by Crippen LogP contribution is -2.31. The van der Waals surface area contributed by atoms with Gasteiger partial charge in [0.1, 0.15) is 11.5 Å². The fourth-order valence-electron chi connectivity index (χ4n) is 1.82. The molecular weight excluding hydrogens is 242 g/mol. The van der Waals surface area contributed by atoms with Crippen LogP contribution >= 0.6 is 0 Å². The second-order valence-corrected chi connectivity index (χ2v) is 5.61. The maximum Gasteiger partial charge on any atom is 0.152 e. The maximum absolute atomic E-state index is 9.21. The molecule has 0 radical (unpaired) electrons. The number of aromatic amines is 1. The predicted octanol–water partition coefficient (Wildman–Crippen LogP) is 2.09. The summed E-state index contributed by atoms with van der Waals surface area (Å²) in [6, 6.07) is 3.87. The topological polar surface area (TPSA) is 74.1 Å². The first kappa shape index (κ1) is 13.8. The largest absolute Gasteiger partial charge is 0.460 e. The minimum atomic E-state index is -0.120. The van der Waals surface area contributed by atoms with Crippen molar-refractivity contribution in [2.75, 3.05) is 13.2 Å². The highest BCUT2D eigenvalue weighted by molar-refractivity contribution is 5.56. The van der Waals surface area contributed by atoms with Crippen LogP contribution in [0.15, 0.2) is 22.7 Å². The van der Waals surface area contributed by atoms with E-state index in [0.717, 1.165) is 29.3 Å². The summed E-state index contributed by atoms with van der Waals surface area (Å²) in [5, 5.41) is 19.6. The van der Waals surface area contributed by atoms with Crippen LogP contribution in [0.2, 0.25) is 0 Å². The van der Waals surface area contributed by atoms with Crippen LogP contribution in [-0.4, -0.2) is 28.5 Å². The SMILES string of the molecule is Cc1ccc(-c2[nH]ncc2CNCC(C)(C)CO)o1. The van der Waals surface area contributed by atoms with Gasteiger partial charge in [0.15, 0.2) is 5.76 Å². The van der Waals surface area contributed by atoms with Crippen LogP contribution in [0.25, 0.3) is 11.5 Å². The fraction of sp³-hybridized carbons (Fsp3) is 0.500. The first-order chi connectivity index (χ1) is 9.02. The van der Waals surface area contributed by atoms with Crippen molar-refractivity contribution in [2.45, 2.75) is 27.3 Å². The van der Waals surface area contributed by atoms with Gasteiger partial charge in [-0.1, -0.05) is 13.8 Å². The number of rotatable bonds is 6. The molecule has 19 heavy (non-hydrogen) atoms. The monoisotopic (exact) mass is 263 g/mol. The lowest BCUT2D eigenvalue weighted by Gasteiger charge is -2.21. The molecule has 3 N–H and O–H groups in total. The quantitative estimate of drug-likeness (QED) is 0.746. The molecule has 0 saturated heterocycles. The maximum atomic E-state index is 9.21. The molecule has 5 nitrogen and oxygen atoms in total. The third-order valence-electron chi connectivity index (χ3n) is 3.05. The van der Waals surface area contributed by atoms with Crippen molar-refractivity contribution in [1.29, 1.82) is 0 Å². The Labute approximate surface area is 113 Å². The summed E-state index contributed by atoms with van der Waals surface area (Å²) < 4.78 is 5.60. The standard InChI is InChI=1S/C14H21N3O2/c1-10-4-5-12(19-10)13-11(7-16-17-13)6-15-8-14(2,3)9-18/h4-5,7,15,18H,6,8-9H2,1-3H3,(H,16,17). The molecule has 2 aromatic rings. The number of hydrogen-bond acceptors (Lipinski definition) is 4. The molecule has 2 heterocycles. The number of hydrogen-bond donors (Lipinski definition) is 3. The minimum absolute atomic E-state index is 0.120. The fourth-order valence-corrected chi connectivity index (χ4v) is 1.82. The van der Waals surface area contributed by atoms with Crippen molar-refractivity contribution in [3.63, 3.8) is 0 Å². The first-order valence-corrected chi connectivity index (χ1v) is 6.42. The van der Waals surface area contributed by atoms with Crippen LogP contribution in [0.4, 0.5) is 0 Å². The molecule has 0 saturated carbocycles. The summed E-state index contributed by atoms with van der Waals surface area (Å²) in [6.07, 6.45) is 1.80. The predicted molar refractivity (Wildman–Crippen MR) is 73.6 cm³/mol. The Hall–Kier alpha value is -1.59. The van der Waals surface area contributed by atoms with Crippen LogP contribution < -0.4 is 5.32 Å². The summed E-state index contributed by atoms with van der Waals surface area (Å²) in [5.74, 6) is 1.68. The average Bonchev–Trinajstić information content (AvgIpc) is 2.97. The molecule has 5 heteroatoms.